The molecular weight excluding hydrogens is 1040 g/mol. The van der Waals surface area contributed by atoms with E-state index in [9.17, 15) is 13.2 Å². The highest BCUT2D eigenvalue weighted by Gasteiger charge is 2.39. The first kappa shape index (κ1) is 67.2. The van der Waals surface area contributed by atoms with Gasteiger partial charge in [0.15, 0.2) is 0 Å². The summed E-state index contributed by atoms with van der Waals surface area (Å²) in [7, 11) is 11.2. The summed E-state index contributed by atoms with van der Waals surface area (Å²) in [5, 5.41) is 16.1. The van der Waals surface area contributed by atoms with Crippen molar-refractivity contribution in [3.63, 3.8) is 0 Å². The lowest BCUT2D eigenvalue weighted by molar-refractivity contribution is -0.137. The van der Waals surface area contributed by atoms with E-state index < -0.39 is 11.7 Å². The van der Waals surface area contributed by atoms with Crippen LogP contribution in [0.2, 0.25) is 5.02 Å². The van der Waals surface area contributed by atoms with Gasteiger partial charge >= 0.3 is 6.18 Å². The lowest BCUT2D eigenvalue weighted by Gasteiger charge is -2.41. The highest BCUT2D eigenvalue weighted by Crippen LogP contribution is 2.36. The first-order valence-corrected chi connectivity index (χ1v) is 32.7. The van der Waals surface area contributed by atoms with Crippen LogP contribution in [0.4, 0.5) is 13.2 Å². The summed E-state index contributed by atoms with van der Waals surface area (Å²) in [6.07, 6.45) is 30.7. The Bertz CT molecular complexity index is 2100. The molecular formula is C66H115ClF3N11. The fraction of sp³-hybridized carbons (Fsp3) is 0.788. The molecule has 3 aliphatic heterocycles. The van der Waals surface area contributed by atoms with Gasteiger partial charge in [-0.3, -0.25) is 4.90 Å². The molecule has 4 fully saturated rings. The van der Waals surface area contributed by atoms with Crippen LogP contribution in [0, 0.1) is 23.7 Å². The third kappa shape index (κ3) is 21.8. The fourth-order valence-electron chi connectivity index (χ4n) is 13.9. The fourth-order valence-corrected chi connectivity index (χ4v) is 14.2. The Morgan fingerprint density at radius 3 is 2.20 bits per heavy atom. The predicted octanol–water partition coefficient (Wildman–Crippen LogP) is 12.8. The van der Waals surface area contributed by atoms with Gasteiger partial charge in [0.2, 0.25) is 0 Å². The molecule has 0 amide bonds. The average molecular weight is 1160 g/mol. The molecule has 2 saturated heterocycles. The molecule has 0 aromatic heterocycles. The molecule has 81 heavy (non-hydrogen) atoms. The smallest absolute Gasteiger partial charge is 0.386 e. The highest BCUT2D eigenvalue weighted by molar-refractivity contribution is 6.31. The van der Waals surface area contributed by atoms with E-state index in [1.165, 1.54) is 88.1 Å². The number of fused-ring (bicyclic) bond motifs is 2. The number of alkyl halides is 3. The number of halogens is 4. The molecule has 6 rings (SSSR count). The first-order valence-electron chi connectivity index (χ1n) is 32.3. The molecule has 4 N–H and O–H groups in total. The zero-order valence-corrected chi connectivity index (χ0v) is 53.7. The van der Waals surface area contributed by atoms with Crippen molar-refractivity contribution in [1.29, 1.82) is 0 Å². The van der Waals surface area contributed by atoms with Crippen LogP contribution in [0.3, 0.4) is 0 Å². The Morgan fingerprint density at radius 2 is 1.51 bits per heavy atom. The van der Waals surface area contributed by atoms with Gasteiger partial charge in [-0.1, -0.05) is 111 Å². The summed E-state index contributed by atoms with van der Waals surface area (Å²) in [5.41, 5.74) is 2.83. The second kappa shape index (κ2) is 33.1. The van der Waals surface area contributed by atoms with E-state index in [1.807, 2.05) is 0 Å². The molecule has 3 heterocycles. The molecule has 2 saturated carbocycles. The van der Waals surface area contributed by atoms with Crippen molar-refractivity contribution in [2.75, 3.05) is 94.1 Å². The minimum atomic E-state index is -4.48. The number of aryl methyl sites for hydroxylation is 1. The Kier molecular flexibility index (Phi) is 27.4. The number of allylic oxidation sites excluding steroid dienone is 2. The standard InChI is InChI=1S/C66H115ClF3N11/c1-13-52(6)63-48-81-34-20-24-58(81)46-76(9)37-38-78(11)60(40-54-21-15-14-16-22-54)47-75(8)36-32-71-56(27-25-55-26-28-61(62(67)41-55)66(68,69)70)45-80-33-19-23-57(80)43-74-65(30-17-18-31-65)49-79(12)64(51(4)5)44-72-53(7)29-35-77(10)59(42-73-63)39-50(2)3/h26,28,32,36-38,41,46-47,50-54,56-57,59,63-64,71-74H,13-25,27,29-31,33-35,39-40,42-45,48-49H2,1-12H3/t52-,53+,56-,57-,59-,63+,64+/m0/s1. The number of benzene rings is 1. The number of nitrogens with one attached hydrogen (secondary N) is 4. The van der Waals surface area contributed by atoms with Gasteiger partial charge in [0.25, 0.3) is 0 Å². The molecule has 0 bridgehead atoms. The summed E-state index contributed by atoms with van der Waals surface area (Å²) in [6.45, 7) is 25.8. The Hall–Kier alpha value is -2.98. The van der Waals surface area contributed by atoms with Crippen LogP contribution >= 0.6 is 11.6 Å². The van der Waals surface area contributed by atoms with Crippen LogP contribution in [0.15, 0.2) is 66.8 Å². The van der Waals surface area contributed by atoms with Gasteiger partial charge in [-0.2, -0.15) is 13.2 Å². The maximum absolute atomic E-state index is 13.7. The molecule has 0 unspecified atom stereocenters. The number of nitrogens with zero attached hydrogens (tertiary/aromatic N) is 7. The number of likely N-dealkylation sites (N-methyl/N-ethyl adjacent to an activating group) is 2. The SMILES string of the molecule is CC[C@H](C)[C@H]1CN2CCCC2=CN(C)C=CN(C)C(CC2CCCCC2)=CN(C)C=CN[C@@H](CCc2ccc(C(F)(F)F)c(Cl)c2)CN2CCC[C@H]2CNC2(CCCC2)CN(C)[C@@H](C(C)C)CN[C@H](C)CCN(C)[C@@H](CC(C)C)CN1. The summed E-state index contributed by atoms with van der Waals surface area (Å²) in [5.74, 6) is 2.36. The van der Waals surface area contributed by atoms with Crippen LogP contribution < -0.4 is 21.3 Å². The molecule has 0 radical (unpaired) electrons. The maximum Gasteiger partial charge on any atom is 0.417 e. The number of hydrogen-bond donors (Lipinski definition) is 4. The quantitative estimate of drug-likeness (QED) is 0.181. The van der Waals surface area contributed by atoms with Crippen molar-refractivity contribution in [3.8, 4) is 0 Å². The van der Waals surface area contributed by atoms with Crippen LogP contribution in [-0.4, -0.2) is 170 Å². The molecule has 462 valence electrons. The van der Waals surface area contributed by atoms with Crippen molar-refractivity contribution < 1.29 is 13.2 Å². The van der Waals surface area contributed by atoms with Crippen molar-refractivity contribution in [2.45, 2.75) is 218 Å². The lowest BCUT2D eigenvalue weighted by atomic mass is 9.86. The van der Waals surface area contributed by atoms with Crippen LogP contribution in [-0.2, 0) is 12.6 Å². The van der Waals surface area contributed by atoms with E-state index in [2.05, 4.69) is 176 Å². The minimum absolute atomic E-state index is 0.0724. The summed E-state index contributed by atoms with van der Waals surface area (Å²) in [4.78, 5) is 17.4. The normalized spacial score (nSPS) is 27.8. The van der Waals surface area contributed by atoms with E-state index in [4.69, 9.17) is 11.6 Å². The van der Waals surface area contributed by atoms with Gasteiger partial charge in [0.1, 0.15) is 0 Å². The molecule has 15 heteroatoms. The third-order valence-corrected chi connectivity index (χ3v) is 19.7. The van der Waals surface area contributed by atoms with Crippen molar-refractivity contribution in [1.82, 2.24) is 55.6 Å². The van der Waals surface area contributed by atoms with Gasteiger partial charge in [0, 0.05) is 157 Å². The van der Waals surface area contributed by atoms with E-state index in [0.717, 1.165) is 115 Å². The van der Waals surface area contributed by atoms with Crippen molar-refractivity contribution in [2.24, 2.45) is 23.7 Å². The van der Waals surface area contributed by atoms with Crippen LogP contribution in [0.25, 0.3) is 0 Å². The molecule has 1 aromatic rings. The topological polar surface area (TPSA) is 70.8 Å². The Labute approximate surface area is 497 Å². The molecule has 11 nitrogen and oxygen atoms in total. The minimum Gasteiger partial charge on any atom is -0.386 e. The van der Waals surface area contributed by atoms with Gasteiger partial charge in [0.05, 0.1) is 10.6 Å². The molecule has 7 atom stereocenters. The zero-order valence-electron chi connectivity index (χ0n) is 52.9. The maximum atomic E-state index is 13.7. The van der Waals surface area contributed by atoms with Gasteiger partial charge in [-0.05, 0) is 146 Å². The van der Waals surface area contributed by atoms with Crippen LogP contribution in [0.1, 0.15) is 175 Å². The summed E-state index contributed by atoms with van der Waals surface area (Å²) >= 11 is 6.27. The molecule has 1 aromatic carbocycles. The second-order valence-corrected chi connectivity index (χ2v) is 27.3. The van der Waals surface area contributed by atoms with E-state index in [-0.39, 0.29) is 16.6 Å². The van der Waals surface area contributed by atoms with Crippen molar-refractivity contribution in [3.05, 3.63) is 82.9 Å². The van der Waals surface area contributed by atoms with E-state index in [1.54, 1.807) is 6.07 Å². The molecule has 2 aliphatic carbocycles. The average Bonchev–Trinajstić information content (AvgIpc) is 4.38. The zero-order chi connectivity index (χ0) is 58.7. The first-order chi connectivity index (χ1) is 38.6. The number of rotatable bonds is 10. The summed E-state index contributed by atoms with van der Waals surface area (Å²) < 4.78 is 41.2. The largest absolute Gasteiger partial charge is 0.417 e. The van der Waals surface area contributed by atoms with E-state index >= 15 is 0 Å². The highest BCUT2D eigenvalue weighted by atomic mass is 35.5. The van der Waals surface area contributed by atoms with Gasteiger partial charge < -0.3 is 50.7 Å². The second-order valence-electron chi connectivity index (χ2n) is 26.9. The molecule has 5 aliphatic rings. The van der Waals surface area contributed by atoms with Crippen molar-refractivity contribution >= 4 is 11.6 Å². The summed E-state index contributed by atoms with van der Waals surface area (Å²) in [6, 6.07) is 6.45. The van der Waals surface area contributed by atoms with Crippen LogP contribution in [0.5, 0.6) is 0 Å². The molecule has 1 spiro atoms. The third-order valence-electron chi connectivity index (χ3n) is 19.4. The number of hydrogen-bond acceptors (Lipinski definition) is 11. The monoisotopic (exact) mass is 1150 g/mol. The predicted molar refractivity (Wildman–Crippen MR) is 336 cm³/mol. The Morgan fingerprint density at radius 1 is 0.765 bits per heavy atom. The van der Waals surface area contributed by atoms with Gasteiger partial charge in [-0.25, -0.2) is 0 Å². The van der Waals surface area contributed by atoms with E-state index in [0.29, 0.717) is 60.3 Å². The Balaban J connectivity index is 1.27. The lowest BCUT2D eigenvalue weighted by Crippen LogP contribution is -2.58. The van der Waals surface area contributed by atoms with Gasteiger partial charge in [-0.15, -0.1) is 0 Å².